The number of carbonyl (C=O) groups is 2. The summed E-state index contributed by atoms with van der Waals surface area (Å²) in [6, 6.07) is 12.9. The molecular weight excluding hydrogens is 428 g/mol. The molecule has 0 bridgehead atoms. The molecule has 2 aromatic rings. The van der Waals surface area contributed by atoms with Crippen molar-refractivity contribution in [2.24, 2.45) is 0 Å². The van der Waals surface area contributed by atoms with Crippen LogP contribution < -0.4 is 9.64 Å². The summed E-state index contributed by atoms with van der Waals surface area (Å²) in [5, 5.41) is 11.5. The second-order valence-corrected chi connectivity index (χ2v) is 9.92. The third-order valence-corrected chi connectivity index (χ3v) is 7.44. The molecule has 1 unspecified atom stereocenters. The molecule has 0 aromatic heterocycles. The van der Waals surface area contributed by atoms with Crippen molar-refractivity contribution in [3.05, 3.63) is 64.7 Å². The first-order valence-corrected chi connectivity index (χ1v) is 12.2. The van der Waals surface area contributed by atoms with Gasteiger partial charge >= 0.3 is 0 Å². The van der Waals surface area contributed by atoms with Gasteiger partial charge in [0.25, 0.3) is 11.7 Å². The van der Waals surface area contributed by atoms with Gasteiger partial charge < -0.3 is 19.6 Å². The number of ketones is 1. The number of amides is 1. The number of hydrogen-bond acceptors (Lipinski definition) is 5. The monoisotopic (exact) mass is 460 g/mol. The zero-order valence-electron chi connectivity index (χ0n) is 20.1. The number of carbonyl (C=O) groups excluding carboxylic acids is 2. The minimum atomic E-state index is -0.607. The van der Waals surface area contributed by atoms with Crippen molar-refractivity contribution in [3.63, 3.8) is 0 Å². The van der Waals surface area contributed by atoms with E-state index in [0.717, 1.165) is 49.2 Å². The van der Waals surface area contributed by atoms with Gasteiger partial charge in [0.1, 0.15) is 18.1 Å². The summed E-state index contributed by atoms with van der Waals surface area (Å²) in [4.78, 5) is 30.4. The van der Waals surface area contributed by atoms with Gasteiger partial charge in [-0.15, -0.1) is 0 Å². The molecule has 1 N–H and O–H groups in total. The predicted octanol–water partition coefficient (Wildman–Crippen LogP) is 5.00. The summed E-state index contributed by atoms with van der Waals surface area (Å²) in [5.74, 6) is -0.115. The molecule has 2 aliphatic heterocycles. The average Bonchev–Trinajstić information content (AvgIpc) is 3.45. The van der Waals surface area contributed by atoms with Gasteiger partial charge in [0.05, 0.1) is 23.8 Å². The van der Waals surface area contributed by atoms with Crippen LogP contribution in [0.3, 0.4) is 0 Å². The third kappa shape index (κ3) is 3.75. The number of fused-ring (bicyclic) bond motifs is 1. The van der Waals surface area contributed by atoms with Crippen LogP contribution in [-0.4, -0.2) is 47.9 Å². The minimum absolute atomic E-state index is 0.0135. The Kier molecular flexibility index (Phi) is 5.84. The van der Waals surface area contributed by atoms with Crippen LogP contribution in [0, 0.1) is 0 Å². The Bertz CT molecular complexity index is 1150. The topological polar surface area (TPSA) is 70.1 Å². The molecule has 0 radical (unpaired) electrons. The molecule has 0 spiro atoms. The predicted molar refractivity (Wildman–Crippen MR) is 132 cm³/mol. The maximum atomic E-state index is 13.4. The van der Waals surface area contributed by atoms with E-state index in [-0.39, 0.29) is 17.4 Å². The average molecular weight is 461 g/mol. The first kappa shape index (κ1) is 22.5. The number of nitrogens with zero attached hydrogens (tertiary/aromatic N) is 2. The molecule has 34 heavy (non-hydrogen) atoms. The van der Waals surface area contributed by atoms with Crippen molar-refractivity contribution in [1.82, 2.24) is 4.90 Å². The van der Waals surface area contributed by atoms with Crippen molar-refractivity contribution in [1.29, 1.82) is 0 Å². The van der Waals surface area contributed by atoms with Gasteiger partial charge in [-0.3, -0.25) is 9.59 Å². The Labute approximate surface area is 200 Å². The maximum absolute atomic E-state index is 13.4. The second kappa shape index (κ2) is 8.82. The van der Waals surface area contributed by atoms with E-state index in [1.807, 2.05) is 31.3 Å². The lowest BCUT2D eigenvalue weighted by Gasteiger charge is -2.31. The van der Waals surface area contributed by atoms with Crippen molar-refractivity contribution in [2.45, 2.75) is 57.5 Å². The van der Waals surface area contributed by atoms with E-state index in [2.05, 4.69) is 30.9 Å². The molecule has 1 saturated carbocycles. The molecule has 2 fully saturated rings. The normalized spacial score (nSPS) is 22.4. The molecular formula is C28H32N2O4. The highest BCUT2D eigenvalue weighted by Crippen LogP contribution is 2.44. The van der Waals surface area contributed by atoms with Gasteiger partial charge in [0.15, 0.2) is 0 Å². The highest BCUT2D eigenvalue weighted by molar-refractivity contribution is 6.46. The summed E-state index contributed by atoms with van der Waals surface area (Å²) < 4.78 is 5.73. The lowest BCUT2D eigenvalue weighted by Crippen LogP contribution is -2.37. The van der Waals surface area contributed by atoms with Gasteiger partial charge in [-0.2, -0.15) is 0 Å². The Hall–Kier alpha value is -3.28. The van der Waals surface area contributed by atoms with E-state index in [1.54, 1.807) is 11.0 Å². The lowest BCUT2D eigenvalue weighted by atomic mass is 9.92. The molecule has 2 heterocycles. The standard InChI is InChI=1S/C28H32N2O4/c1-17(2)18-8-10-19(11-9-18)25-24(27(32)28(33)30(25)21-6-4-5-7-21)26(31)20-12-13-23-22(16-20)29(3)14-15-34-23/h8-13,16-17,21,25,31H,4-7,14-15H2,1-3H3/b26-24-. The number of Topliss-reactive ketones (excluding diaryl/α,β-unsaturated/α-hetero) is 1. The molecule has 1 saturated heterocycles. The summed E-state index contributed by atoms with van der Waals surface area (Å²) in [6.45, 7) is 5.62. The molecule has 178 valence electrons. The van der Waals surface area contributed by atoms with E-state index in [1.165, 1.54) is 5.56 Å². The number of hydrogen-bond donors (Lipinski definition) is 1. The number of aliphatic hydroxyl groups is 1. The van der Waals surface area contributed by atoms with Crippen LogP contribution >= 0.6 is 0 Å². The fourth-order valence-corrected chi connectivity index (χ4v) is 5.45. The van der Waals surface area contributed by atoms with Crippen molar-refractivity contribution < 1.29 is 19.4 Å². The Morgan fingerprint density at radius 3 is 2.44 bits per heavy atom. The highest BCUT2D eigenvalue weighted by atomic mass is 16.5. The van der Waals surface area contributed by atoms with Gasteiger partial charge in [-0.25, -0.2) is 0 Å². The van der Waals surface area contributed by atoms with Crippen LogP contribution in [0.25, 0.3) is 5.76 Å². The number of rotatable bonds is 4. The van der Waals surface area contributed by atoms with Crippen molar-refractivity contribution in [2.75, 3.05) is 25.1 Å². The van der Waals surface area contributed by atoms with Crippen LogP contribution in [0.1, 0.15) is 68.2 Å². The number of likely N-dealkylation sites (tertiary alicyclic amines) is 1. The number of likely N-dealkylation sites (N-methyl/N-ethyl adjacent to an activating group) is 1. The Balaban J connectivity index is 1.64. The lowest BCUT2D eigenvalue weighted by molar-refractivity contribution is -0.141. The van der Waals surface area contributed by atoms with Crippen molar-refractivity contribution >= 4 is 23.1 Å². The number of ether oxygens (including phenoxy) is 1. The molecule has 1 atom stereocenters. The molecule has 5 rings (SSSR count). The molecule has 1 aliphatic carbocycles. The summed E-state index contributed by atoms with van der Waals surface area (Å²) in [5.41, 5.74) is 3.60. The smallest absolute Gasteiger partial charge is 0.295 e. The highest BCUT2D eigenvalue weighted by Gasteiger charge is 2.49. The van der Waals surface area contributed by atoms with Crippen LogP contribution in [0.5, 0.6) is 5.75 Å². The molecule has 6 heteroatoms. The number of anilines is 1. The quantitative estimate of drug-likeness (QED) is 0.395. The van der Waals surface area contributed by atoms with Crippen LogP contribution in [0.15, 0.2) is 48.0 Å². The largest absolute Gasteiger partial charge is 0.507 e. The van der Waals surface area contributed by atoms with Crippen LogP contribution in [0.4, 0.5) is 5.69 Å². The molecule has 1 amide bonds. The van der Waals surface area contributed by atoms with E-state index in [9.17, 15) is 14.7 Å². The van der Waals surface area contributed by atoms with Gasteiger partial charge in [-0.05, 0) is 48.1 Å². The Morgan fingerprint density at radius 1 is 1.06 bits per heavy atom. The zero-order valence-corrected chi connectivity index (χ0v) is 20.1. The van der Waals surface area contributed by atoms with Gasteiger partial charge in [0, 0.05) is 18.7 Å². The fraction of sp³-hybridized carbons (Fsp3) is 0.429. The summed E-state index contributed by atoms with van der Waals surface area (Å²) >= 11 is 0. The summed E-state index contributed by atoms with van der Waals surface area (Å²) in [6.07, 6.45) is 3.86. The van der Waals surface area contributed by atoms with E-state index in [4.69, 9.17) is 4.74 Å². The maximum Gasteiger partial charge on any atom is 0.295 e. The third-order valence-electron chi connectivity index (χ3n) is 7.44. The van der Waals surface area contributed by atoms with E-state index in [0.29, 0.717) is 18.1 Å². The van der Waals surface area contributed by atoms with E-state index >= 15 is 0 Å². The number of aliphatic hydroxyl groups excluding tert-OH is 1. The molecule has 6 nitrogen and oxygen atoms in total. The minimum Gasteiger partial charge on any atom is -0.507 e. The van der Waals surface area contributed by atoms with Crippen molar-refractivity contribution in [3.8, 4) is 5.75 Å². The Morgan fingerprint density at radius 2 is 1.76 bits per heavy atom. The fourth-order valence-electron chi connectivity index (χ4n) is 5.45. The van der Waals surface area contributed by atoms with Crippen LogP contribution in [-0.2, 0) is 9.59 Å². The van der Waals surface area contributed by atoms with Crippen LogP contribution in [0.2, 0.25) is 0 Å². The molecule has 2 aromatic carbocycles. The van der Waals surface area contributed by atoms with Gasteiger partial charge in [0.2, 0.25) is 0 Å². The van der Waals surface area contributed by atoms with E-state index < -0.39 is 17.7 Å². The summed E-state index contributed by atoms with van der Waals surface area (Å²) in [7, 11) is 1.97. The zero-order chi connectivity index (χ0) is 24.0. The first-order chi connectivity index (χ1) is 16.4. The first-order valence-electron chi connectivity index (χ1n) is 12.2. The number of benzene rings is 2. The SMILES string of the molecule is CC(C)c1ccc(C2/C(=C(/O)c3ccc4c(c3)N(C)CCO4)C(=O)C(=O)N2C2CCCC2)cc1. The second-order valence-electron chi connectivity index (χ2n) is 9.92. The van der Waals surface area contributed by atoms with Gasteiger partial charge in [-0.1, -0.05) is 51.0 Å². The molecule has 3 aliphatic rings.